The van der Waals surface area contributed by atoms with Crippen molar-refractivity contribution in [2.45, 2.75) is 44.4 Å². The molecular formula is C14H26N4O2S. The minimum Gasteiger partial charge on any atom is -0.310 e. The van der Waals surface area contributed by atoms with Crippen LogP contribution in [0, 0.1) is 0 Å². The number of hydrogen-bond acceptors (Lipinski definition) is 5. The number of sulfonamides is 1. The normalized spacial score (nSPS) is 13.9. The summed E-state index contributed by atoms with van der Waals surface area (Å²) < 4.78 is 26.8. The molecule has 1 aromatic heterocycles. The van der Waals surface area contributed by atoms with Gasteiger partial charge in [0.2, 0.25) is 0 Å². The molecule has 7 heteroatoms. The van der Waals surface area contributed by atoms with Crippen molar-refractivity contribution in [3.05, 3.63) is 23.9 Å². The minimum absolute atomic E-state index is 0.0572. The van der Waals surface area contributed by atoms with Crippen molar-refractivity contribution >= 4 is 10.0 Å². The van der Waals surface area contributed by atoms with Crippen LogP contribution in [-0.4, -0.2) is 51.0 Å². The lowest BCUT2D eigenvalue weighted by molar-refractivity contribution is 0.314. The van der Waals surface area contributed by atoms with Crippen LogP contribution in [0.2, 0.25) is 0 Å². The summed E-state index contributed by atoms with van der Waals surface area (Å²) in [5, 5.41) is 3.32. The summed E-state index contributed by atoms with van der Waals surface area (Å²) in [6.07, 6.45) is 1.60. The van der Waals surface area contributed by atoms with Crippen molar-refractivity contribution in [1.29, 1.82) is 0 Å². The van der Waals surface area contributed by atoms with E-state index >= 15 is 0 Å². The number of likely N-dealkylation sites (N-methyl/N-ethyl adjacent to an activating group) is 1. The van der Waals surface area contributed by atoms with Crippen molar-refractivity contribution in [1.82, 2.24) is 19.9 Å². The van der Waals surface area contributed by atoms with E-state index in [9.17, 15) is 8.42 Å². The van der Waals surface area contributed by atoms with Gasteiger partial charge in [-0.05, 0) is 32.6 Å². The van der Waals surface area contributed by atoms with Crippen LogP contribution in [0.1, 0.15) is 26.3 Å². The maximum Gasteiger partial charge on any atom is 0.258 e. The highest BCUT2D eigenvalue weighted by Crippen LogP contribution is 2.07. The van der Waals surface area contributed by atoms with E-state index in [0.29, 0.717) is 19.1 Å². The molecule has 0 radical (unpaired) electrons. The molecule has 1 aromatic rings. The molecule has 1 atom stereocenters. The van der Waals surface area contributed by atoms with Crippen LogP contribution in [-0.2, 0) is 16.6 Å². The van der Waals surface area contributed by atoms with Crippen molar-refractivity contribution in [3.8, 4) is 0 Å². The van der Waals surface area contributed by atoms with Crippen molar-refractivity contribution in [3.63, 3.8) is 0 Å². The van der Waals surface area contributed by atoms with Gasteiger partial charge in [-0.3, -0.25) is 0 Å². The highest BCUT2D eigenvalue weighted by Gasteiger charge is 2.17. The Balaban J connectivity index is 2.67. The smallest absolute Gasteiger partial charge is 0.258 e. The number of nitrogens with one attached hydrogen (secondary N) is 2. The molecule has 0 amide bonds. The molecule has 0 aliphatic rings. The lowest BCUT2D eigenvalue weighted by Crippen LogP contribution is -2.38. The van der Waals surface area contributed by atoms with E-state index in [1.165, 1.54) is 0 Å². The maximum atomic E-state index is 12.1. The van der Waals surface area contributed by atoms with Gasteiger partial charge in [-0.25, -0.2) is 18.1 Å². The van der Waals surface area contributed by atoms with Crippen LogP contribution < -0.4 is 10.0 Å². The average molecular weight is 314 g/mol. The van der Waals surface area contributed by atoms with Gasteiger partial charge < -0.3 is 10.2 Å². The number of rotatable bonds is 8. The number of nitrogens with zero attached hydrogens (tertiary/aromatic N) is 2. The fourth-order valence-electron chi connectivity index (χ4n) is 1.48. The van der Waals surface area contributed by atoms with Gasteiger partial charge >= 0.3 is 0 Å². The Labute approximate surface area is 128 Å². The van der Waals surface area contributed by atoms with Gasteiger partial charge in [0, 0.05) is 31.4 Å². The van der Waals surface area contributed by atoms with Crippen LogP contribution in [0.3, 0.4) is 0 Å². The first-order chi connectivity index (χ1) is 9.72. The van der Waals surface area contributed by atoms with Crippen LogP contribution in [0.15, 0.2) is 23.4 Å². The third-order valence-electron chi connectivity index (χ3n) is 3.24. The highest BCUT2D eigenvalue weighted by atomic mass is 32.2. The molecule has 0 aromatic carbocycles. The Hall–Kier alpha value is -1.02. The summed E-state index contributed by atoms with van der Waals surface area (Å²) in [6.45, 7) is 7.10. The Bertz CT molecular complexity index is 526. The van der Waals surface area contributed by atoms with Gasteiger partial charge in [-0.2, -0.15) is 0 Å². The first-order valence-electron chi connectivity index (χ1n) is 7.07. The first kappa shape index (κ1) is 18.0. The van der Waals surface area contributed by atoms with E-state index in [1.54, 1.807) is 18.3 Å². The Morgan fingerprint density at radius 2 is 1.90 bits per heavy atom. The predicted molar refractivity (Wildman–Crippen MR) is 84.6 cm³/mol. The average Bonchev–Trinajstić information content (AvgIpc) is 2.43. The van der Waals surface area contributed by atoms with Gasteiger partial charge in [0.25, 0.3) is 10.0 Å². The lowest BCUT2D eigenvalue weighted by Gasteiger charge is -2.19. The fraction of sp³-hybridized carbons (Fsp3) is 0.643. The van der Waals surface area contributed by atoms with Crippen LogP contribution in [0.25, 0.3) is 0 Å². The quantitative estimate of drug-likeness (QED) is 0.743. The molecule has 0 saturated heterocycles. The third kappa shape index (κ3) is 6.09. The number of pyridine rings is 1. The predicted octanol–water partition coefficient (Wildman–Crippen LogP) is 0.808. The second-order valence-electron chi connectivity index (χ2n) is 5.70. The van der Waals surface area contributed by atoms with Gasteiger partial charge in [0.15, 0.2) is 5.03 Å². The Morgan fingerprint density at radius 3 is 2.38 bits per heavy atom. The standard InChI is InChI=1S/C14H26N4O2S/c1-11(2)15-9-13-6-7-14(16-10-13)21(19,20)17-8-12(3)18(4)5/h6-7,10-12,15,17H,8-9H2,1-5H3. The van der Waals surface area contributed by atoms with Crippen molar-refractivity contribution in [2.24, 2.45) is 0 Å². The zero-order valence-electron chi connectivity index (χ0n) is 13.4. The van der Waals surface area contributed by atoms with E-state index < -0.39 is 10.0 Å². The summed E-state index contributed by atoms with van der Waals surface area (Å²) in [5.74, 6) is 0. The summed E-state index contributed by atoms with van der Waals surface area (Å²) in [5.41, 5.74) is 0.962. The van der Waals surface area contributed by atoms with Gasteiger partial charge in [0.05, 0.1) is 0 Å². The molecule has 120 valence electrons. The summed E-state index contributed by atoms with van der Waals surface area (Å²) in [6, 6.07) is 3.82. The maximum absolute atomic E-state index is 12.1. The summed E-state index contributed by atoms with van der Waals surface area (Å²) in [7, 11) is 0.276. The molecule has 1 unspecified atom stereocenters. The summed E-state index contributed by atoms with van der Waals surface area (Å²) in [4.78, 5) is 6.00. The van der Waals surface area contributed by atoms with Gasteiger partial charge in [-0.1, -0.05) is 19.9 Å². The topological polar surface area (TPSA) is 74.3 Å². The minimum atomic E-state index is -3.55. The van der Waals surface area contributed by atoms with Gasteiger partial charge in [0.1, 0.15) is 0 Å². The third-order valence-corrected chi connectivity index (χ3v) is 4.58. The van der Waals surface area contributed by atoms with E-state index in [0.717, 1.165) is 5.56 Å². The molecule has 0 aliphatic carbocycles. The zero-order chi connectivity index (χ0) is 16.0. The fourth-order valence-corrected chi connectivity index (χ4v) is 2.53. The largest absolute Gasteiger partial charge is 0.310 e. The molecule has 21 heavy (non-hydrogen) atoms. The highest BCUT2D eigenvalue weighted by molar-refractivity contribution is 7.89. The zero-order valence-corrected chi connectivity index (χ0v) is 14.2. The first-order valence-corrected chi connectivity index (χ1v) is 8.55. The van der Waals surface area contributed by atoms with Gasteiger partial charge in [-0.15, -0.1) is 0 Å². The number of aromatic nitrogens is 1. The monoisotopic (exact) mass is 314 g/mol. The Kier molecular flexibility index (Phi) is 6.73. The van der Waals surface area contributed by atoms with E-state index in [1.807, 2.05) is 25.9 Å². The van der Waals surface area contributed by atoms with Crippen LogP contribution in [0.4, 0.5) is 0 Å². The molecule has 0 aliphatic heterocycles. The van der Waals surface area contributed by atoms with Crippen LogP contribution in [0.5, 0.6) is 0 Å². The lowest BCUT2D eigenvalue weighted by atomic mass is 10.2. The molecule has 1 heterocycles. The van der Waals surface area contributed by atoms with E-state index in [2.05, 4.69) is 28.9 Å². The molecule has 0 saturated carbocycles. The Morgan fingerprint density at radius 1 is 1.24 bits per heavy atom. The second kappa shape index (κ2) is 7.84. The molecular weight excluding hydrogens is 288 g/mol. The molecule has 0 spiro atoms. The van der Waals surface area contributed by atoms with Crippen LogP contribution >= 0.6 is 0 Å². The molecule has 0 fully saturated rings. The second-order valence-corrected chi connectivity index (χ2v) is 7.42. The SMILES string of the molecule is CC(C)NCc1ccc(S(=O)(=O)NCC(C)N(C)C)nc1. The molecule has 1 rings (SSSR count). The van der Waals surface area contributed by atoms with Crippen molar-refractivity contribution < 1.29 is 8.42 Å². The van der Waals surface area contributed by atoms with Crippen molar-refractivity contribution in [2.75, 3.05) is 20.6 Å². The summed E-state index contributed by atoms with van der Waals surface area (Å²) >= 11 is 0. The molecule has 0 bridgehead atoms. The molecule has 6 nitrogen and oxygen atoms in total. The molecule has 2 N–H and O–H groups in total. The number of hydrogen-bond donors (Lipinski definition) is 2. The van der Waals surface area contributed by atoms with E-state index in [-0.39, 0.29) is 11.1 Å². The van der Waals surface area contributed by atoms with E-state index in [4.69, 9.17) is 0 Å².